The summed E-state index contributed by atoms with van der Waals surface area (Å²) in [5, 5.41) is 9.76. The van der Waals surface area contributed by atoms with Crippen LogP contribution in [-0.4, -0.2) is 10.1 Å². The van der Waals surface area contributed by atoms with Gasteiger partial charge in [-0.25, -0.2) is 0 Å². The van der Waals surface area contributed by atoms with Crippen molar-refractivity contribution < 1.29 is 5.11 Å². The van der Waals surface area contributed by atoms with E-state index in [9.17, 15) is 5.11 Å². The van der Waals surface area contributed by atoms with E-state index >= 15 is 0 Å². The summed E-state index contributed by atoms with van der Waals surface area (Å²) in [6.07, 6.45) is 7.94. The second-order valence-electron chi connectivity index (χ2n) is 3.82. The first-order valence-corrected chi connectivity index (χ1v) is 4.94. The molecule has 0 radical (unpaired) electrons. The highest BCUT2D eigenvalue weighted by Crippen LogP contribution is 2.35. The second kappa shape index (κ2) is 3.88. The summed E-state index contributed by atoms with van der Waals surface area (Å²) < 4.78 is 0. The van der Waals surface area contributed by atoms with Crippen LogP contribution in [0.25, 0.3) is 0 Å². The number of aliphatic hydroxyl groups is 1. The average Bonchev–Trinajstić information content (AvgIpc) is 2.99. The molecule has 2 heteroatoms. The maximum atomic E-state index is 9.76. The Morgan fingerprint density at radius 1 is 1.54 bits per heavy atom. The number of nitrogens with zero attached hydrogens (tertiary/aromatic N) is 1. The van der Waals surface area contributed by atoms with E-state index in [-0.39, 0.29) is 6.10 Å². The summed E-state index contributed by atoms with van der Waals surface area (Å²) in [4.78, 5) is 3.99. The SMILES string of the molecule is OC(CCC1CC1)c1cccnc1. The summed E-state index contributed by atoms with van der Waals surface area (Å²) in [6.45, 7) is 0. The minimum Gasteiger partial charge on any atom is -0.388 e. The van der Waals surface area contributed by atoms with Gasteiger partial charge in [0.25, 0.3) is 0 Å². The second-order valence-corrected chi connectivity index (χ2v) is 3.82. The molecule has 1 N–H and O–H groups in total. The Morgan fingerprint density at radius 3 is 3.00 bits per heavy atom. The van der Waals surface area contributed by atoms with E-state index in [4.69, 9.17) is 0 Å². The van der Waals surface area contributed by atoms with Crippen LogP contribution in [0.2, 0.25) is 0 Å². The highest BCUT2D eigenvalue weighted by molar-refractivity contribution is 5.11. The zero-order chi connectivity index (χ0) is 9.10. The molecule has 70 valence electrons. The molecule has 0 aromatic carbocycles. The number of hydrogen-bond acceptors (Lipinski definition) is 2. The maximum Gasteiger partial charge on any atom is 0.0805 e. The minimum atomic E-state index is -0.311. The molecule has 1 saturated carbocycles. The minimum absolute atomic E-state index is 0.311. The molecule has 0 saturated heterocycles. The fourth-order valence-electron chi connectivity index (χ4n) is 1.54. The number of aliphatic hydroxyl groups excluding tert-OH is 1. The van der Waals surface area contributed by atoms with Crippen LogP contribution in [0.4, 0.5) is 0 Å². The zero-order valence-electron chi connectivity index (χ0n) is 7.69. The molecule has 1 heterocycles. The lowest BCUT2D eigenvalue weighted by atomic mass is 10.1. The van der Waals surface area contributed by atoms with Gasteiger partial charge in [0, 0.05) is 12.4 Å². The van der Waals surface area contributed by atoms with Gasteiger partial charge in [0.2, 0.25) is 0 Å². The Labute approximate surface area is 78.6 Å². The smallest absolute Gasteiger partial charge is 0.0805 e. The van der Waals surface area contributed by atoms with Crippen LogP contribution in [0.15, 0.2) is 24.5 Å². The summed E-state index contributed by atoms with van der Waals surface area (Å²) in [7, 11) is 0. The van der Waals surface area contributed by atoms with Gasteiger partial charge in [0.1, 0.15) is 0 Å². The third-order valence-electron chi connectivity index (χ3n) is 2.61. The molecule has 0 bridgehead atoms. The van der Waals surface area contributed by atoms with Gasteiger partial charge in [0.05, 0.1) is 6.10 Å². The van der Waals surface area contributed by atoms with Crippen LogP contribution < -0.4 is 0 Å². The molecule has 0 spiro atoms. The van der Waals surface area contributed by atoms with Gasteiger partial charge >= 0.3 is 0 Å². The molecule has 0 amide bonds. The Kier molecular flexibility index (Phi) is 2.60. The average molecular weight is 177 g/mol. The van der Waals surface area contributed by atoms with E-state index in [1.807, 2.05) is 12.1 Å². The Morgan fingerprint density at radius 2 is 2.38 bits per heavy atom. The third-order valence-corrected chi connectivity index (χ3v) is 2.61. The molecule has 2 nitrogen and oxygen atoms in total. The van der Waals surface area contributed by atoms with Gasteiger partial charge in [-0.2, -0.15) is 0 Å². The molecule has 1 aliphatic carbocycles. The number of aromatic nitrogens is 1. The zero-order valence-corrected chi connectivity index (χ0v) is 7.69. The topological polar surface area (TPSA) is 33.1 Å². The molecule has 1 aliphatic rings. The van der Waals surface area contributed by atoms with Crippen molar-refractivity contribution in [3.8, 4) is 0 Å². The van der Waals surface area contributed by atoms with Crippen molar-refractivity contribution in [1.29, 1.82) is 0 Å². The first-order chi connectivity index (χ1) is 6.36. The van der Waals surface area contributed by atoms with Gasteiger partial charge in [-0.1, -0.05) is 18.9 Å². The van der Waals surface area contributed by atoms with Crippen LogP contribution in [0.5, 0.6) is 0 Å². The lowest BCUT2D eigenvalue weighted by molar-refractivity contribution is 0.162. The standard InChI is InChI=1S/C11H15NO/c13-11(6-5-9-3-4-9)10-2-1-7-12-8-10/h1-2,7-9,11,13H,3-6H2. The Hall–Kier alpha value is -0.890. The van der Waals surface area contributed by atoms with Crippen LogP contribution in [0.3, 0.4) is 0 Å². The van der Waals surface area contributed by atoms with Crippen molar-refractivity contribution >= 4 is 0 Å². The van der Waals surface area contributed by atoms with Crippen molar-refractivity contribution in [2.45, 2.75) is 31.8 Å². The van der Waals surface area contributed by atoms with Crippen molar-refractivity contribution in [3.05, 3.63) is 30.1 Å². The van der Waals surface area contributed by atoms with E-state index in [2.05, 4.69) is 4.98 Å². The molecular formula is C11H15NO. The Balaban J connectivity index is 1.85. The molecule has 1 fully saturated rings. The fraction of sp³-hybridized carbons (Fsp3) is 0.545. The highest BCUT2D eigenvalue weighted by atomic mass is 16.3. The number of rotatable bonds is 4. The highest BCUT2D eigenvalue weighted by Gasteiger charge is 2.22. The van der Waals surface area contributed by atoms with E-state index in [0.29, 0.717) is 0 Å². The van der Waals surface area contributed by atoms with Crippen molar-refractivity contribution in [3.63, 3.8) is 0 Å². The number of pyridine rings is 1. The van der Waals surface area contributed by atoms with E-state index in [1.165, 1.54) is 12.8 Å². The molecule has 1 atom stereocenters. The summed E-state index contributed by atoms with van der Waals surface area (Å²) in [6, 6.07) is 3.81. The van der Waals surface area contributed by atoms with E-state index < -0.39 is 0 Å². The molecule has 13 heavy (non-hydrogen) atoms. The first-order valence-electron chi connectivity index (χ1n) is 4.94. The Bertz CT molecular complexity index is 256. The monoisotopic (exact) mass is 177 g/mol. The van der Waals surface area contributed by atoms with Crippen LogP contribution in [-0.2, 0) is 0 Å². The first kappa shape index (κ1) is 8.70. The summed E-state index contributed by atoms with van der Waals surface area (Å²) in [5.41, 5.74) is 0.947. The normalized spacial score (nSPS) is 18.5. The van der Waals surface area contributed by atoms with Crippen LogP contribution >= 0.6 is 0 Å². The molecule has 2 rings (SSSR count). The lowest BCUT2D eigenvalue weighted by Gasteiger charge is -2.09. The molecule has 1 unspecified atom stereocenters. The van der Waals surface area contributed by atoms with Gasteiger partial charge in [-0.15, -0.1) is 0 Å². The quantitative estimate of drug-likeness (QED) is 0.765. The van der Waals surface area contributed by atoms with E-state index in [1.54, 1.807) is 12.4 Å². The third kappa shape index (κ3) is 2.52. The molecule has 0 aliphatic heterocycles. The van der Waals surface area contributed by atoms with Crippen molar-refractivity contribution in [2.75, 3.05) is 0 Å². The van der Waals surface area contributed by atoms with Gasteiger partial charge in [-0.05, 0) is 30.4 Å². The predicted molar refractivity (Wildman–Crippen MR) is 51.2 cm³/mol. The molecule has 1 aromatic rings. The van der Waals surface area contributed by atoms with Gasteiger partial charge in [-0.3, -0.25) is 4.98 Å². The summed E-state index contributed by atoms with van der Waals surface area (Å²) in [5.74, 6) is 0.895. The van der Waals surface area contributed by atoms with Crippen molar-refractivity contribution in [2.24, 2.45) is 5.92 Å². The van der Waals surface area contributed by atoms with E-state index in [0.717, 1.165) is 24.3 Å². The fourth-order valence-corrected chi connectivity index (χ4v) is 1.54. The largest absolute Gasteiger partial charge is 0.388 e. The summed E-state index contributed by atoms with van der Waals surface area (Å²) >= 11 is 0. The van der Waals surface area contributed by atoms with Gasteiger partial charge < -0.3 is 5.11 Å². The maximum absolute atomic E-state index is 9.76. The van der Waals surface area contributed by atoms with Crippen molar-refractivity contribution in [1.82, 2.24) is 4.98 Å². The lowest BCUT2D eigenvalue weighted by Crippen LogP contribution is -1.98. The molecule has 1 aromatic heterocycles. The van der Waals surface area contributed by atoms with Gasteiger partial charge in [0.15, 0.2) is 0 Å². The van der Waals surface area contributed by atoms with Crippen LogP contribution in [0, 0.1) is 5.92 Å². The predicted octanol–water partition coefficient (Wildman–Crippen LogP) is 2.31. The van der Waals surface area contributed by atoms with Crippen LogP contribution in [0.1, 0.15) is 37.4 Å². The number of hydrogen-bond donors (Lipinski definition) is 1. The molecular weight excluding hydrogens is 162 g/mol.